The van der Waals surface area contributed by atoms with Gasteiger partial charge in [-0.3, -0.25) is 4.90 Å². The van der Waals surface area contributed by atoms with E-state index >= 15 is 0 Å². The first-order valence-electron chi connectivity index (χ1n) is 8.80. The summed E-state index contributed by atoms with van der Waals surface area (Å²) in [5, 5.41) is 0.507. The Morgan fingerprint density at radius 2 is 1.73 bits per heavy atom. The fourth-order valence-corrected chi connectivity index (χ4v) is 4.68. The average Bonchev–Trinajstić information content (AvgIpc) is 2.64. The van der Waals surface area contributed by atoms with Crippen molar-refractivity contribution in [3.8, 4) is 0 Å². The highest BCUT2D eigenvalue weighted by molar-refractivity contribution is 7.89. The maximum Gasteiger partial charge on any atom is 0.243 e. The Balaban J connectivity index is 1.64. The number of aromatic nitrogens is 1. The van der Waals surface area contributed by atoms with E-state index < -0.39 is 10.0 Å². The lowest BCUT2D eigenvalue weighted by molar-refractivity contribution is 0.181. The largest absolute Gasteiger partial charge is 0.296 e. The van der Waals surface area contributed by atoms with E-state index in [1.807, 2.05) is 24.3 Å². The molecule has 5 nitrogen and oxygen atoms in total. The van der Waals surface area contributed by atoms with Gasteiger partial charge in [-0.25, -0.2) is 13.4 Å². The SMILES string of the molecule is CC(C)c1ccc(S(=O)(=O)N2CCN(Cc3cccnc3Cl)CC2)cc1. The van der Waals surface area contributed by atoms with E-state index in [1.165, 1.54) is 0 Å². The first-order valence-corrected chi connectivity index (χ1v) is 10.6. The highest BCUT2D eigenvalue weighted by Gasteiger charge is 2.28. The number of halogens is 1. The predicted molar refractivity (Wildman–Crippen MR) is 104 cm³/mol. The van der Waals surface area contributed by atoms with Gasteiger partial charge in [-0.15, -0.1) is 0 Å². The van der Waals surface area contributed by atoms with Crippen molar-refractivity contribution in [1.82, 2.24) is 14.2 Å². The van der Waals surface area contributed by atoms with Gasteiger partial charge >= 0.3 is 0 Å². The number of pyridine rings is 1. The molecular formula is C19H24ClN3O2S. The van der Waals surface area contributed by atoms with Gasteiger partial charge < -0.3 is 0 Å². The van der Waals surface area contributed by atoms with Crippen molar-refractivity contribution in [2.45, 2.75) is 31.2 Å². The quantitative estimate of drug-likeness (QED) is 0.731. The number of benzene rings is 1. The molecule has 3 rings (SSSR count). The molecule has 0 atom stereocenters. The van der Waals surface area contributed by atoms with Crippen LogP contribution in [0.2, 0.25) is 5.15 Å². The normalized spacial score (nSPS) is 16.9. The van der Waals surface area contributed by atoms with E-state index in [4.69, 9.17) is 11.6 Å². The Morgan fingerprint density at radius 3 is 2.31 bits per heavy atom. The Bertz CT molecular complexity index is 845. The van der Waals surface area contributed by atoms with Crippen LogP contribution in [-0.4, -0.2) is 48.8 Å². The van der Waals surface area contributed by atoms with Gasteiger partial charge in [0, 0.05) is 44.5 Å². The summed E-state index contributed by atoms with van der Waals surface area (Å²) in [6.45, 7) is 7.18. The number of hydrogen-bond acceptors (Lipinski definition) is 4. The van der Waals surface area contributed by atoms with Crippen LogP contribution in [0.1, 0.15) is 30.9 Å². The Morgan fingerprint density at radius 1 is 1.08 bits per heavy atom. The lowest BCUT2D eigenvalue weighted by Crippen LogP contribution is -2.48. The monoisotopic (exact) mass is 393 g/mol. The van der Waals surface area contributed by atoms with Gasteiger partial charge in [0.25, 0.3) is 0 Å². The van der Waals surface area contributed by atoms with Gasteiger partial charge in [-0.2, -0.15) is 4.31 Å². The van der Waals surface area contributed by atoms with Crippen molar-refractivity contribution in [2.24, 2.45) is 0 Å². The molecule has 1 aliphatic rings. The van der Waals surface area contributed by atoms with Crippen molar-refractivity contribution in [3.05, 3.63) is 58.9 Å². The average molecular weight is 394 g/mol. The van der Waals surface area contributed by atoms with Crippen molar-refractivity contribution in [2.75, 3.05) is 26.2 Å². The Hall–Kier alpha value is -1.47. The zero-order chi connectivity index (χ0) is 18.7. The van der Waals surface area contributed by atoms with E-state index in [-0.39, 0.29) is 0 Å². The first kappa shape index (κ1) is 19.3. The molecular weight excluding hydrogens is 370 g/mol. The molecule has 1 aromatic heterocycles. The molecule has 26 heavy (non-hydrogen) atoms. The second-order valence-corrected chi connectivity index (χ2v) is 9.15. The molecule has 2 aromatic rings. The number of piperazine rings is 1. The van der Waals surface area contributed by atoms with Crippen molar-refractivity contribution in [1.29, 1.82) is 0 Å². The van der Waals surface area contributed by atoms with Gasteiger partial charge in [-0.05, 0) is 29.7 Å². The molecule has 0 spiro atoms. The summed E-state index contributed by atoms with van der Waals surface area (Å²) in [5.41, 5.74) is 2.11. The minimum Gasteiger partial charge on any atom is -0.296 e. The molecule has 1 fully saturated rings. The van der Waals surface area contributed by atoms with Crippen molar-refractivity contribution in [3.63, 3.8) is 0 Å². The molecule has 140 valence electrons. The molecule has 0 N–H and O–H groups in total. The summed E-state index contributed by atoms with van der Waals surface area (Å²) in [6, 6.07) is 11.0. The third kappa shape index (κ3) is 4.26. The van der Waals surface area contributed by atoms with E-state index in [0.29, 0.717) is 48.7 Å². The van der Waals surface area contributed by atoms with Crippen LogP contribution in [0.5, 0.6) is 0 Å². The van der Waals surface area contributed by atoms with Crippen LogP contribution in [0.25, 0.3) is 0 Å². The van der Waals surface area contributed by atoms with Crippen LogP contribution in [0.3, 0.4) is 0 Å². The third-order valence-corrected chi connectivity index (χ3v) is 7.00. The second kappa shape index (κ2) is 8.05. The molecule has 1 aromatic carbocycles. The summed E-state index contributed by atoms with van der Waals surface area (Å²) in [6.07, 6.45) is 1.67. The van der Waals surface area contributed by atoms with E-state index in [0.717, 1.165) is 11.1 Å². The van der Waals surface area contributed by atoms with Crippen LogP contribution in [-0.2, 0) is 16.6 Å². The van der Waals surface area contributed by atoms with E-state index in [1.54, 1.807) is 22.6 Å². The standard InChI is InChI=1S/C19H24ClN3O2S/c1-15(2)16-5-7-18(8-6-16)26(24,25)23-12-10-22(11-13-23)14-17-4-3-9-21-19(17)20/h3-9,15H,10-14H2,1-2H3. The van der Waals surface area contributed by atoms with Crippen LogP contribution in [0.4, 0.5) is 0 Å². The summed E-state index contributed by atoms with van der Waals surface area (Å²) in [5.74, 6) is 0.384. The highest BCUT2D eigenvalue weighted by atomic mass is 35.5. The summed E-state index contributed by atoms with van der Waals surface area (Å²) < 4.78 is 27.3. The smallest absolute Gasteiger partial charge is 0.243 e. The van der Waals surface area contributed by atoms with Gasteiger partial charge in [0.05, 0.1) is 4.90 Å². The lowest BCUT2D eigenvalue weighted by atomic mass is 10.0. The predicted octanol–water partition coefficient (Wildman–Crippen LogP) is 3.36. The minimum absolute atomic E-state index is 0.366. The molecule has 0 radical (unpaired) electrons. The Labute approximate surface area is 160 Å². The molecule has 1 saturated heterocycles. The number of nitrogens with zero attached hydrogens (tertiary/aromatic N) is 3. The van der Waals surface area contributed by atoms with Crippen LogP contribution < -0.4 is 0 Å². The zero-order valence-corrected chi connectivity index (χ0v) is 16.7. The molecule has 0 unspecified atom stereocenters. The van der Waals surface area contributed by atoms with Crippen LogP contribution in [0, 0.1) is 0 Å². The molecule has 0 saturated carbocycles. The van der Waals surface area contributed by atoms with E-state index in [9.17, 15) is 8.42 Å². The summed E-state index contributed by atoms with van der Waals surface area (Å²) in [7, 11) is -3.44. The van der Waals surface area contributed by atoms with Crippen molar-refractivity contribution < 1.29 is 8.42 Å². The summed E-state index contributed by atoms with van der Waals surface area (Å²) in [4.78, 5) is 6.66. The first-order chi connectivity index (χ1) is 12.4. The van der Waals surface area contributed by atoms with E-state index in [2.05, 4.69) is 23.7 Å². The topological polar surface area (TPSA) is 53.5 Å². The molecule has 1 aliphatic heterocycles. The van der Waals surface area contributed by atoms with Gasteiger partial charge in [0.15, 0.2) is 0 Å². The van der Waals surface area contributed by atoms with Crippen LogP contribution >= 0.6 is 11.6 Å². The molecule has 2 heterocycles. The van der Waals surface area contributed by atoms with Gasteiger partial charge in [-0.1, -0.05) is 43.6 Å². The molecule has 0 amide bonds. The maximum atomic E-state index is 12.9. The summed E-state index contributed by atoms with van der Waals surface area (Å²) >= 11 is 6.12. The fraction of sp³-hybridized carbons (Fsp3) is 0.421. The minimum atomic E-state index is -3.44. The second-order valence-electron chi connectivity index (χ2n) is 6.86. The third-order valence-electron chi connectivity index (χ3n) is 4.75. The zero-order valence-electron chi connectivity index (χ0n) is 15.1. The number of rotatable bonds is 5. The lowest BCUT2D eigenvalue weighted by Gasteiger charge is -2.34. The molecule has 0 aliphatic carbocycles. The van der Waals surface area contributed by atoms with Crippen LogP contribution in [0.15, 0.2) is 47.5 Å². The fourth-order valence-electron chi connectivity index (χ4n) is 3.08. The van der Waals surface area contributed by atoms with Crippen molar-refractivity contribution >= 4 is 21.6 Å². The highest BCUT2D eigenvalue weighted by Crippen LogP contribution is 2.22. The number of hydrogen-bond donors (Lipinski definition) is 0. The Kier molecular flexibility index (Phi) is 5.97. The molecule has 7 heteroatoms. The number of sulfonamides is 1. The van der Waals surface area contributed by atoms with Gasteiger partial charge in [0.1, 0.15) is 5.15 Å². The molecule has 0 bridgehead atoms. The van der Waals surface area contributed by atoms with Gasteiger partial charge in [0.2, 0.25) is 10.0 Å². The maximum absolute atomic E-state index is 12.9.